The summed E-state index contributed by atoms with van der Waals surface area (Å²) < 4.78 is 0. The van der Waals surface area contributed by atoms with Gasteiger partial charge in [0.25, 0.3) is 5.91 Å². The van der Waals surface area contributed by atoms with Crippen LogP contribution in [-0.4, -0.2) is 43.5 Å². The van der Waals surface area contributed by atoms with Crippen molar-refractivity contribution in [1.82, 2.24) is 5.32 Å². The molecule has 0 bridgehead atoms. The van der Waals surface area contributed by atoms with E-state index in [1.807, 2.05) is 18.2 Å². The lowest BCUT2D eigenvalue weighted by atomic mass is 9.73. The van der Waals surface area contributed by atoms with Gasteiger partial charge in [-0.3, -0.25) is 10.2 Å². The molecular formula is C24H34N6O. The van der Waals surface area contributed by atoms with Crippen molar-refractivity contribution in [3.8, 4) is 0 Å². The minimum absolute atomic E-state index is 0.175. The lowest BCUT2D eigenvalue weighted by Crippen LogP contribution is -2.48. The molecule has 2 heterocycles. The van der Waals surface area contributed by atoms with Crippen LogP contribution in [-0.2, 0) is 4.79 Å². The Morgan fingerprint density at radius 3 is 2.68 bits per heavy atom. The maximum absolute atomic E-state index is 12.9. The van der Waals surface area contributed by atoms with Crippen molar-refractivity contribution in [2.24, 2.45) is 16.1 Å². The number of anilines is 2. The second-order valence-electron chi connectivity index (χ2n) is 8.38. The van der Waals surface area contributed by atoms with E-state index in [1.165, 1.54) is 38.0 Å². The number of carbonyl (C=O) groups excluding carboxylic acids is 1. The first-order chi connectivity index (χ1) is 15.0. The van der Waals surface area contributed by atoms with Crippen LogP contribution in [0.15, 0.2) is 53.3 Å². The van der Waals surface area contributed by atoms with E-state index < -0.39 is 0 Å². The fourth-order valence-corrected chi connectivity index (χ4v) is 4.42. The highest BCUT2D eigenvalue weighted by atomic mass is 16.2. The predicted molar refractivity (Wildman–Crippen MR) is 129 cm³/mol. The number of hydrogen-bond donors (Lipinski definition) is 4. The zero-order valence-electron chi connectivity index (χ0n) is 18.6. The fourth-order valence-electron chi connectivity index (χ4n) is 4.42. The van der Waals surface area contributed by atoms with Gasteiger partial charge in [0, 0.05) is 19.6 Å². The van der Waals surface area contributed by atoms with E-state index in [0.717, 1.165) is 37.6 Å². The summed E-state index contributed by atoms with van der Waals surface area (Å²) in [5.74, 6) is -0.288. The van der Waals surface area contributed by atoms with Crippen LogP contribution in [0, 0.1) is 10.8 Å². The van der Waals surface area contributed by atoms with Gasteiger partial charge in [0.15, 0.2) is 0 Å². The standard InChI is InChI=1S/C24H34N6O/c1-3-20(28-18(2)19(26)9-13-25)23(31)29-21-7-4-5-8-22(21)30-15-11-24(12-16-30)10-6-14-27-17-24/h3-5,7-9,13,26-27H,6,10-12,14-17,25H2,1-2H3,(H,29,31)/b13-9-,20-3-,26-19?,28-18+. The highest BCUT2D eigenvalue weighted by molar-refractivity contribution is 6.45. The van der Waals surface area contributed by atoms with E-state index in [9.17, 15) is 4.79 Å². The Kier molecular flexibility index (Phi) is 7.63. The normalized spacial score (nSPS) is 19.6. The van der Waals surface area contributed by atoms with Gasteiger partial charge in [0.1, 0.15) is 5.70 Å². The highest BCUT2D eigenvalue weighted by Gasteiger charge is 2.36. The molecule has 1 spiro atoms. The molecule has 0 atom stereocenters. The van der Waals surface area contributed by atoms with Crippen LogP contribution in [0.25, 0.3) is 0 Å². The van der Waals surface area contributed by atoms with Crippen LogP contribution in [0.2, 0.25) is 0 Å². The number of allylic oxidation sites excluding steroid dienone is 2. The number of para-hydroxylation sites is 2. The average Bonchev–Trinajstić information content (AvgIpc) is 2.79. The second kappa shape index (κ2) is 10.4. The van der Waals surface area contributed by atoms with Crippen LogP contribution >= 0.6 is 0 Å². The van der Waals surface area contributed by atoms with Crippen LogP contribution in [0.3, 0.4) is 0 Å². The molecule has 3 rings (SSSR count). The summed E-state index contributed by atoms with van der Waals surface area (Å²) in [6.45, 7) is 7.70. The number of nitrogens with two attached hydrogens (primary N) is 1. The molecule has 0 radical (unpaired) electrons. The molecule has 2 aliphatic heterocycles. The van der Waals surface area contributed by atoms with Crippen molar-refractivity contribution in [1.29, 1.82) is 5.41 Å². The van der Waals surface area contributed by atoms with Crippen molar-refractivity contribution in [2.75, 3.05) is 36.4 Å². The van der Waals surface area contributed by atoms with Crippen molar-refractivity contribution in [2.45, 2.75) is 39.5 Å². The van der Waals surface area contributed by atoms with E-state index in [-0.39, 0.29) is 17.3 Å². The monoisotopic (exact) mass is 422 g/mol. The highest BCUT2D eigenvalue weighted by Crippen LogP contribution is 2.39. The molecule has 2 saturated heterocycles. The molecule has 5 N–H and O–H groups in total. The van der Waals surface area contributed by atoms with Crippen LogP contribution in [0.5, 0.6) is 0 Å². The summed E-state index contributed by atoms with van der Waals surface area (Å²) in [6.07, 6.45) is 9.30. The van der Waals surface area contributed by atoms with E-state index in [2.05, 4.69) is 26.6 Å². The van der Waals surface area contributed by atoms with Crippen LogP contribution in [0.4, 0.5) is 11.4 Å². The Bertz CT molecular complexity index is 885. The topological polar surface area (TPSA) is 107 Å². The van der Waals surface area contributed by atoms with Gasteiger partial charge in [0.05, 0.1) is 22.8 Å². The summed E-state index contributed by atoms with van der Waals surface area (Å²) in [4.78, 5) is 19.6. The van der Waals surface area contributed by atoms with Gasteiger partial charge in [-0.15, -0.1) is 0 Å². The summed E-state index contributed by atoms with van der Waals surface area (Å²) in [5.41, 5.74) is 8.49. The van der Waals surface area contributed by atoms with Crippen molar-refractivity contribution >= 4 is 28.7 Å². The van der Waals surface area contributed by atoms with Gasteiger partial charge < -0.3 is 21.3 Å². The number of aliphatic imine (C=N–C) groups is 1. The lowest BCUT2D eigenvalue weighted by molar-refractivity contribution is -0.112. The van der Waals surface area contributed by atoms with Crippen LogP contribution < -0.4 is 21.3 Å². The summed E-state index contributed by atoms with van der Waals surface area (Å²) in [6, 6.07) is 7.94. The Morgan fingerprint density at radius 2 is 2.03 bits per heavy atom. The third kappa shape index (κ3) is 5.61. The van der Waals surface area contributed by atoms with Crippen LogP contribution in [0.1, 0.15) is 39.5 Å². The Balaban J connectivity index is 1.71. The number of amides is 1. The summed E-state index contributed by atoms with van der Waals surface area (Å²) in [5, 5.41) is 14.5. The van der Waals surface area contributed by atoms with E-state index in [4.69, 9.17) is 11.1 Å². The van der Waals surface area contributed by atoms with Gasteiger partial charge in [-0.2, -0.15) is 0 Å². The minimum Gasteiger partial charge on any atom is -0.405 e. The number of nitrogens with one attached hydrogen (secondary N) is 3. The Hall–Kier alpha value is -2.93. The molecule has 0 unspecified atom stereocenters. The first-order valence-electron chi connectivity index (χ1n) is 11.0. The molecule has 0 aromatic heterocycles. The van der Waals surface area contributed by atoms with Gasteiger partial charge in [0.2, 0.25) is 0 Å². The quantitative estimate of drug-likeness (QED) is 0.416. The average molecular weight is 423 g/mol. The first-order valence-corrected chi connectivity index (χ1v) is 11.0. The molecule has 7 nitrogen and oxygen atoms in total. The molecule has 0 saturated carbocycles. The maximum Gasteiger partial charge on any atom is 0.273 e. The number of carbonyl (C=O) groups is 1. The summed E-state index contributed by atoms with van der Waals surface area (Å²) in [7, 11) is 0. The zero-order chi connectivity index (χ0) is 22.3. The molecule has 7 heteroatoms. The van der Waals surface area contributed by atoms with Crippen molar-refractivity contribution in [3.05, 3.63) is 48.3 Å². The molecule has 0 aliphatic carbocycles. The Labute approximate surface area is 185 Å². The molecule has 2 aliphatic rings. The SMILES string of the molecule is C/C=C(\N=C(/C)C(=N)/C=C\N)C(=O)Nc1ccccc1N1CCC2(CCCNC2)CC1. The van der Waals surface area contributed by atoms with Gasteiger partial charge in [-0.25, -0.2) is 4.99 Å². The number of benzene rings is 1. The molecule has 166 valence electrons. The Morgan fingerprint density at radius 1 is 1.29 bits per heavy atom. The van der Waals surface area contributed by atoms with E-state index in [1.54, 1.807) is 19.9 Å². The number of nitrogens with zero attached hydrogens (tertiary/aromatic N) is 2. The molecule has 1 aromatic rings. The maximum atomic E-state index is 12.9. The van der Waals surface area contributed by atoms with Gasteiger partial charge in [-0.1, -0.05) is 18.2 Å². The predicted octanol–water partition coefficient (Wildman–Crippen LogP) is 3.45. The van der Waals surface area contributed by atoms with Gasteiger partial charge in [-0.05, 0) is 75.9 Å². The summed E-state index contributed by atoms with van der Waals surface area (Å²) >= 11 is 0. The van der Waals surface area contributed by atoms with E-state index in [0.29, 0.717) is 11.1 Å². The molecule has 1 amide bonds. The van der Waals surface area contributed by atoms with Crippen molar-refractivity contribution < 1.29 is 4.79 Å². The molecule has 1 aromatic carbocycles. The number of hydrogen-bond acceptors (Lipinski definition) is 6. The lowest BCUT2D eigenvalue weighted by Gasteiger charge is -2.45. The smallest absolute Gasteiger partial charge is 0.273 e. The second-order valence-corrected chi connectivity index (χ2v) is 8.38. The van der Waals surface area contributed by atoms with Crippen molar-refractivity contribution in [3.63, 3.8) is 0 Å². The third-order valence-electron chi connectivity index (χ3n) is 6.32. The zero-order valence-corrected chi connectivity index (χ0v) is 18.6. The molecular weight excluding hydrogens is 388 g/mol. The number of piperidine rings is 2. The fraction of sp³-hybridized carbons (Fsp3) is 0.458. The third-order valence-corrected chi connectivity index (χ3v) is 6.32. The number of rotatable bonds is 6. The molecule has 31 heavy (non-hydrogen) atoms. The van der Waals surface area contributed by atoms with E-state index >= 15 is 0 Å². The van der Waals surface area contributed by atoms with Gasteiger partial charge >= 0.3 is 0 Å². The molecule has 2 fully saturated rings. The first kappa shape index (κ1) is 22.7. The largest absolute Gasteiger partial charge is 0.405 e. The minimum atomic E-state index is -0.288.